The van der Waals surface area contributed by atoms with Crippen LogP contribution in [0.15, 0.2) is 29.3 Å². The van der Waals surface area contributed by atoms with E-state index in [1.54, 1.807) is 7.05 Å². The SMILES string of the molecule is CN=C(N)N1CCC(Cc2ccc(F)cc2)C1. The van der Waals surface area contributed by atoms with E-state index in [4.69, 9.17) is 5.73 Å². The molecule has 1 atom stereocenters. The molecule has 2 N–H and O–H groups in total. The number of halogens is 1. The zero-order chi connectivity index (χ0) is 12.3. The van der Waals surface area contributed by atoms with Gasteiger partial charge in [0.05, 0.1) is 0 Å². The van der Waals surface area contributed by atoms with Gasteiger partial charge >= 0.3 is 0 Å². The van der Waals surface area contributed by atoms with Gasteiger partial charge < -0.3 is 10.6 Å². The maximum absolute atomic E-state index is 12.8. The van der Waals surface area contributed by atoms with Crippen LogP contribution in [0.25, 0.3) is 0 Å². The zero-order valence-corrected chi connectivity index (χ0v) is 10.1. The molecule has 4 heteroatoms. The molecular formula is C13H18FN3. The highest BCUT2D eigenvalue weighted by molar-refractivity contribution is 5.78. The third-order valence-electron chi connectivity index (χ3n) is 3.28. The monoisotopic (exact) mass is 235 g/mol. The topological polar surface area (TPSA) is 41.6 Å². The Hall–Kier alpha value is -1.58. The van der Waals surface area contributed by atoms with Crippen molar-refractivity contribution in [1.82, 2.24) is 4.90 Å². The summed E-state index contributed by atoms with van der Waals surface area (Å²) in [5.41, 5.74) is 6.97. The number of aliphatic imine (C=N–C) groups is 1. The van der Waals surface area contributed by atoms with Crippen LogP contribution in [-0.4, -0.2) is 31.0 Å². The fourth-order valence-electron chi connectivity index (χ4n) is 2.30. The van der Waals surface area contributed by atoms with E-state index in [0.29, 0.717) is 11.9 Å². The van der Waals surface area contributed by atoms with Gasteiger partial charge in [0.25, 0.3) is 0 Å². The van der Waals surface area contributed by atoms with Gasteiger partial charge in [-0.3, -0.25) is 4.99 Å². The van der Waals surface area contributed by atoms with Gasteiger partial charge in [0.2, 0.25) is 0 Å². The van der Waals surface area contributed by atoms with Gasteiger partial charge in [-0.2, -0.15) is 0 Å². The summed E-state index contributed by atoms with van der Waals surface area (Å²) in [7, 11) is 1.71. The fourth-order valence-corrected chi connectivity index (χ4v) is 2.30. The van der Waals surface area contributed by atoms with E-state index >= 15 is 0 Å². The summed E-state index contributed by atoms with van der Waals surface area (Å²) in [6.07, 6.45) is 2.10. The Labute approximate surface area is 101 Å². The first-order chi connectivity index (χ1) is 8.19. The van der Waals surface area contributed by atoms with Crippen LogP contribution in [0.2, 0.25) is 0 Å². The Morgan fingerprint density at radius 2 is 2.18 bits per heavy atom. The maximum atomic E-state index is 12.8. The van der Waals surface area contributed by atoms with Crippen LogP contribution in [0, 0.1) is 11.7 Å². The number of nitrogens with two attached hydrogens (primary N) is 1. The van der Waals surface area contributed by atoms with E-state index in [0.717, 1.165) is 25.9 Å². The number of benzene rings is 1. The Bertz CT molecular complexity index is 400. The smallest absolute Gasteiger partial charge is 0.190 e. The van der Waals surface area contributed by atoms with Gasteiger partial charge in [0, 0.05) is 20.1 Å². The summed E-state index contributed by atoms with van der Waals surface area (Å²) in [4.78, 5) is 6.10. The molecule has 0 aliphatic carbocycles. The number of hydrogen-bond acceptors (Lipinski definition) is 1. The normalized spacial score (nSPS) is 20.9. The van der Waals surface area contributed by atoms with Gasteiger partial charge in [-0.1, -0.05) is 12.1 Å². The largest absolute Gasteiger partial charge is 0.370 e. The van der Waals surface area contributed by atoms with Crippen molar-refractivity contribution in [1.29, 1.82) is 0 Å². The lowest BCUT2D eigenvalue weighted by Crippen LogP contribution is -2.35. The lowest BCUT2D eigenvalue weighted by molar-refractivity contribution is 0.472. The fraction of sp³-hybridized carbons (Fsp3) is 0.462. The van der Waals surface area contributed by atoms with Gasteiger partial charge in [-0.05, 0) is 36.5 Å². The first-order valence-corrected chi connectivity index (χ1v) is 5.90. The molecule has 92 valence electrons. The minimum Gasteiger partial charge on any atom is -0.370 e. The van der Waals surface area contributed by atoms with Crippen molar-refractivity contribution < 1.29 is 4.39 Å². The molecule has 0 spiro atoms. The van der Waals surface area contributed by atoms with Gasteiger partial charge in [0.1, 0.15) is 5.82 Å². The average molecular weight is 235 g/mol. The number of rotatable bonds is 2. The minimum atomic E-state index is -0.177. The predicted molar refractivity (Wildman–Crippen MR) is 67.3 cm³/mol. The Morgan fingerprint density at radius 1 is 1.47 bits per heavy atom. The molecule has 1 heterocycles. The molecule has 0 aromatic heterocycles. The maximum Gasteiger partial charge on any atom is 0.190 e. The second-order valence-corrected chi connectivity index (χ2v) is 4.51. The quantitative estimate of drug-likeness (QED) is 0.625. The van der Waals surface area contributed by atoms with Crippen molar-refractivity contribution in [3.05, 3.63) is 35.6 Å². The first kappa shape index (κ1) is 11.9. The average Bonchev–Trinajstić information content (AvgIpc) is 2.80. The number of hydrogen-bond donors (Lipinski definition) is 1. The summed E-state index contributed by atoms with van der Waals surface area (Å²) in [5, 5.41) is 0. The second-order valence-electron chi connectivity index (χ2n) is 4.51. The lowest BCUT2D eigenvalue weighted by atomic mass is 9.99. The van der Waals surface area contributed by atoms with Crippen molar-refractivity contribution in [2.24, 2.45) is 16.6 Å². The summed E-state index contributed by atoms with van der Waals surface area (Å²) in [6.45, 7) is 1.91. The van der Waals surface area contributed by atoms with Crippen molar-refractivity contribution >= 4 is 5.96 Å². The van der Waals surface area contributed by atoms with Crippen LogP contribution in [0.4, 0.5) is 4.39 Å². The van der Waals surface area contributed by atoms with Crippen molar-refractivity contribution in [2.75, 3.05) is 20.1 Å². The van der Waals surface area contributed by atoms with Crippen LogP contribution < -0.4 is 5.73 Å². The van der Waals surface area contributed by atoms with E-state index in [9.17, 15) is 4.39 Å². The van der Waals surface area contributed by atoms with Crippen LogP contribution in [0.5, 0.6) is 0 Å². The Morgan fingerprint density at radius 3 is 2.82 bits per heavy atom. The van der Waals surface area contributed by atoms with E-state index in [2.05, 4.69) is 9.89 Å². The molecule has 1 fully saturated rings. The van der Waals surface area contributed by atoms with Crippen molar-refractivity contribution in [2.45, 2.75) is 12.8 Å². The Kier molecular flexibility index (Phi) is 3.61. The molecule has 1 aromatic carbocycles. The van der Waals surface area contributed by atoms with Gasteiger partial charge in [-0.25, -0.2) is 4.39 Å². The highest BCUT2D eigenvalue weighted by Gasteiger charge is 2.23. The lowest BCUT2D eigenvalue weighted by Gasteiger charge is -2.16. The zero-order valence-electron chi connectivity index (χ0n) is 10.1. The number of nitrogens with zero attached hydrogens (tertiary/aromatic N) is 2. The molecule has 0 amide bonds. The predicted octanol–water partition coefficient (Wildman–Crippen LogP) is 1.63. The second kappa shape index (κ2) is 5.17. The van der Waals surface area contributed by atoms with Gasteiger partial charge in [0.15, 0.2) is 5.96 Å². The van der Waals surface area contributed by atoms with Crippen LogP contribution in [0.3, 0.4) is 0 Å². The molecule has 2 rings (SSSR count). The molecule has 1 aliphatic rings. The van der Waals surface area contributed by atoms with E-state index in [1.165, 1.54) is 17.7 Å². The van der Waals surface area contributed by atoms with Crippen molar-refractivity contribution in [3.63, 3.8) is 0 Å². The molecule has 17 heavy (non-hydrogen) atoms. The molecule has 3 nitrogen and oxygen atoms in total. The standard InChI is InChI=1S/C13H18FN3/c1-16-13(15)17-7-6-11(9-17)8-10-2-4-12(14)5-3-10/h2-5,11H,6-9H2,1H3,(H2,15,16). The highest BCUT2D eigenvalue weighted by Crippen LogP contribution is 2.20. The molecule has 1 saturated heterocycles. The Balaban J connectivity index is 1.91. The molecule has 1 aromatic rings. The minimum absolute atomic E-state index is 0.177. The number of likely N-dealkylation sites (tertiary alicyclic amines) is 1. The van der Waals surface area contributed by atoms with Crippen LogP contribution in [0.1, 0.15) is 12.0 Å². The van der Waals surface area contributed by atoms with E-state index < -0.39 is 0 Å². The summed E-state index contributed by atoms with van der Waals surface area (Å²) >= 11 is 0. The first-order valence-electron chi connectivity index (χ1n) is 5.90. The highest BCUT2D eigenvalue weighted by atomic mass is 19.1. The summed E-state index contributed by atoms with van der Waals surface area (Å²) in [6, 6.07) is 6.75. The molecule has 0 saturated carbocycles. The molecule has 1 unspecified atom stereocenters. The van der Waals surface area contributed by atoms with Crippen LogP contribution in [-0.2, 0) is 6.42 Å². The third kappa shape index (κ3) is 2.96. The van der Waals surface area contributed by atoms with Crippen molar-refractivity contribution in [3.8, 4) is 0 Å². The van der Waals surface area contributed by atoms with Gasteiger partial charge in [-0.15, -0.1) is 0 Å². The summed E-state index contributed by atoms with van der Waals surface area (Å²) in [5.74, 6) is 1.02. The molecule has 0 bridgehead atoms. The molecular weight excluding hydrogens is 217 g/mol. The van der Waals surface area contributed by atoms with Crippen LogP contribution >= 0.6 is 0 Å². The van der Waals surface area contributed by atoms with E-state index in [-0.39, 0.29) is 5.82 Å². The summed E-state index contributed by atoms with van der Waals surface area (Å²) < 4.78 is 12.8. The van der Waals surface area contributed by atoms with E-state index in [1.807, 2.05) is 12.1 Å². The molecule has 0 radical (unpaired) electrons. The third-order valence-corrected chi connectivity index (χ3v) is 3.28. The molecule has 1 aliphatic heterocycles. The number of guanidine groups is 1.